The number of ether oxygens (including phenoxy) is 2. The molecule has 0 aromatic carbocycles. The zero-order valence-corrected chi connectivity index (χ0v) is 9.19. The molecule has 0 radical (unpaired) electrons. The van der Waals surface area contributed by atoms with Crippen LogP contribution in [0.3, 0.4) is 0 Å². The Morgan fingerprint density at radius 3 is 2.80 bits per heavy atom. The highest BCUT2D eigenvalue weighted by molar-refractivity contribution is 5.75. The lowest BCUT2D eigenvalue weighted by atomic mass is 9.95. The average molecular weight is 209 g/mol. The second kappa shape index (κ2) is 4.77. The van der Waals surface area contributed by atoms with Crippen LogP contribution in [0.15, 0.2) is 24.5 Å². The Balaban J connectivity index is 2.53. The first kappa shape index (κ1) is 11.5. The highest BCUT2D eigenvalue weighted by Gasteiger charge is 2.29. The lowest BCUT2D eigenvalue weighted by molar-refractivity contribution is -0.152. The Morgan fingerprint density at radius 1 is 1.53 bits per heavy atom. The van der Waals surface area contributed by atoms with E-state index in [1.807, 2.05) is 0 Å². The molecule has 0 saturated heterocycles. The van der Waals surface area contributed by atoms with E-state index in [0.29, 0.717) is 5.75 Å². The maximum atomic E-state index is 11.3. The number of nitrogens with zero attached hydrogens (tertiary/aromatic N) is 1. The molecule has 1 aromatic heterocycles. The Kier molecular flexibility index (Phi) is 3.66. The van der Waals surface area contributed by atoms with Gasteiger partial charge in [0.05, 0.1) is 18.7 Å². The minimum Gasteiger partial charge on any atom is -0.491 e. The van der Waals surface area contributed by atoms with Gasteiger partial charge in [-0.05, 0) is 26.0 Å². The van der Waals surface area contributed by atoms with E-state index in [-0.39, 0.29) is 12.6 Å². The summed E-state index contributed by atoms with van der Waals surface area (Å²) in [7, 11) is 1.37. The van der Waals surface area contributed by atoms with E-state index in [4.69, 9.17) is 4.74 Å². The molecule has 0 bridgehead atoms. The van der Waals surface area contributed by atoms with Crippen LogP contribution in [0, 0.1) is 5.41 Å². The molecule has 0 amide bonds. The minimum absolute atomic E-state index is 0.269. The number of carbonyl (C=O) groups excluding carboxylic acids is 1. The average Bonchev–Trinajstić information content (AvgIpc) is 2.27. The zero-order valence-electron chi connectivity index (χ0n) is 9.19. The second-order valence-electron chi connectivity index (χ2n) is 3.85. The summed E-state index contributed by atoms with van der Waals surface area (Å²) < 4.78 is 10.1. The standard InChI is InChI=1S/C11H15NO3/c1-11(2,10(13)14-3)8-15-9-5-4-6-12-7-9/h4-7H,8H2,1-3H3. The molecule has 1 aromatic rings. The SMILES string of the molecule is COC(=O)C(C)(C)COc1cccnc1. The fraction of sp³-hybridized carbons (Fsp3) is 0.455. The van der Waals surface area contributed by atoms with Crippen LogP contribution < -0.4 is 4.74 Å². The normalized spacial score (nSPS) is 10.9. The number of methoxy groups -OCH3 is 1. The van der Waals surface area contributed by atoms with Crippen molar-refractivity contribution in [2.75, 3.05) is 13.7 Å². The van der Waals surface area contributed by atoms with Crippen LogP contribution >= 0.6 is 0 Å². The molecule has 0 saturated carbocycles. The number of hydrogen-bond donors (Lipinski definition) is 0. The Bertz CT molecular complexity index is 322. The first-order valence-corrected chi connectivity index (χ1v) is 4.67. The van der Waals surface area contributed by atoms with E-state index in [1.54, 1.807) is 38.4 Å². The molecule has 1 rings (SSSR count). The van der Waals surface area contributed by atoms with Crippen LogP contribution in [0.2, 0.25) is 0 Å². The largest absolute Gasteiger partial charge is 0.491 e. The quantitative estimate of drug-likeness (QED) is 0.707. The third-order valence-electron chi connectivity index (χ3n) is 1.97. The van der Waals surface area contributed by atoms with Gasteiger partial charge in [-0.2, -0.15) is 0 Å². The number of hydrogen-bond acceptors (Lipinski definition) is 4. The summed E-state index contributed by atoms with van der Waals surface area (Å²) in [5.74, 6) is 0.362. The molecule has 0 spiro atoms. The molecular weight excluding hydrogens is 194 g/mol. The molecule has 0 atom stereocenters. The van der Waals surface area contributed by atoms with Crippen molar-refractivity contribution in [1.29, 1.82) is 0 Å². The van der Waals surface area contributed by atoms with Gasteiger partial charge >= 0.3 is 5.97 Å². The van der Waals surface area contributed by atoms with Crippen molar-refractivity contribution in [2.24, 2.45) is 5.41 Å². The number of esters is 1. The summed E-state index contributed by atoms with van der Waals surface area (Å²) >= 11 is 0. The van der Waals surface area contributed by atoms with Crippen molar-refractivity contribution < 1.29 is 14.3 Å². The predicted octanol–water partition coefficient (Wildman–Crippen LogP) is 1.66. The molecule has 4 heteroatoms. The van der Waals surface area contributed by atoms with Crippen molar-refractivity contribution in [2.45, 2.75) is 13.8 Å². The van der Waals surface area contributed by atoms with Gasteiger partial charge in [0.1, 0.15) is 12.4 Å². The van der Waals surface area contributed by atoms with Gasteiger partial charge in [-0.3, -0.25) is 9.78 Å². The summed E-state index contributed by atoms with van der Waals surface area (Å²) in [5.41, 5.74) is -0.648. The van der Waals surface area contributed by atoms with Gasteiger partial charge in [0.25, 0.3) is 0 Å². The molecule has 0 N–H and O–H groups in total. The van der Waals surface area contributed by atoms with Gasteiger partial charge in [0.15, 0.2) is 0 Å². The molecule has 15 heavy (non-hydrogen) atoms. The van der Waals surface area contributed by atoms with E-state index in [2.05, 4.69) is 9.72 Å². The van der Waals surface area contributed by atoms with Crippen molar-refractivity contribution in [1.82, 2.24) is 4.98 Å². The van der Waals surface area contributed by atoms with Crippen molar-refractivity contribution in [3.8, 4) is 5.75 Å². The Hall–Kier alpha value is -1.58. The van der Waals surface area contributed by atoms with Gasteiger partial charge in [0.2, 0.25) is 0 Å². The minimum atomic E-state index is -0.648. The summed E-state index contributed by atoms with van der Waals surface area (Å²) in [6.45, 7) is 3.82. The number of rotatable bonds is 4. The van der Waals surface area contributed by atoms with E-state index in [9.17, 15) is 4.79 Å². The fourth-order valence-electron chi connectivity index (χ4n) is 1.03. The van der Waals surface area contributed by atoms with Crippen molar-refractivity contribution in [3.63, 3.8) is 0 Å². The van der Waals surface area contributed by atoms with Crippen LogP contribution in [-0.4, -0.2) is 24.7 Å². The third-order valence-corrected chi connectivity index (χ3v) is 1.97. The lowest BCUT2D eigenvalue weighted by Crippen LogP contribution is -2.32. The number of aromatic nitrogens is 1. The van der Waals surface area contributed by atoms with Crippen LogP contribution in [0.4, 0.5) is 0 Å². The summed E-state index contributed by atoms with van der Waals surface area (Å²) in [5, 5.41) is 0. The summed E-state index contributed by atoms with van der Waals surface area (Å²) in [6.07, 6.45) is 3.27. The molecular formula is C11H15NO3. The maximum Gasteiger partial charge on any atom is 0.314 e. The van der Waals surface area contributed by atoms with Crippen LogP contribution in [-0.2, 0) is 9.53 Å². The van der Waals surface area contributed by atoms with Gasteiger partial charge in [0, 0.05) is 6.20 Å². The van der Waals surface area contributed by atoms with Crippen molar-refractivity contribution >= 4 is 5.97 Å². The molecule has 0 aliphatic heterocycles. The summed E-state index contributed by atoms with van der Waals surface area (Å²) in [6, 6.07) is 3.57. The van der Waals surface area contributed by atoms with E-state index < -0.39 is 5.41 Å². The third kappa shape index (κ3) is 3.23. The van der Waals surface area contributed by atoms with E-state index >= 15 is 0 Å². The van der Waals surface area contributed by atoms with Crippen LogP contribution in [0.1, 0.15) is 13.8 Å². The first-order valence-electron chi connectivity index (χ1n) is 4.67. The topological polar surface area (TPSA) is 48.4 Å². The smallest absolute Gasteiger partial charge is 0.314 e. The first-order chi connectivity index (χ1) is 7.06. The van der Waals surface area contributed by atoms with Crippen LogP contribution in [0.5, 0.6) is 5.75 Å². The lowest BCUT2D eigenvalue weighted by Gasteiger charge is -2.21. The Morgan fingerprint density at radius 2 is 2.27 bits per heavy atom. The monoisotopic (exact) mass is 209 g/mol. The molecule has 0 fully saturated rings. The van der Waals surface area contributed by atoms with Gasteiger partial charge < -0.3 is 9.47 Å². The van der Waals surface area contributed by atoms with E-state index in [1.165, 1.54) is 7.11 Å². The van der Waals surface area contributed by atoms with E-state index in [0.717, 1.165) is 0 Å². The maximum absolute atomic E-state index is 11.3. The molecule has 0 unspecified atom stereocenters. The highest BCUT2D eigenvalue weighted by Crippen LogP contribution is 2.19. The Labute approximate surface area is 89.2 Å². The number of pyridine rings is 1. The molecule has 0 aliphatic rings. The van der Waals surface area contributed by atoms with Gasteiger partial charge in [-0.25, -0.2) is 0 Å². The van der Waals surface area contributed by atoms with Crippen molar-refractivity contribution in [3.05, 3.63) is 24.5 Å². The zero-order chi connectivity index (χ0) is 11.3. The fourth-order valence-corrected chi connectivity index (χ4v) is 1.03. The van der Waals surface area contributed by atoms with Gasteiger partial charge in [-0.15, -0.1) is 0 Å². The molecule has 82 valence electrons. The predicted molar refractivity (Wildman–Crippen MR) is 55.5 cm³/mol. The highest BCUT2D eigenvalue weighted by atomic mass is 16.5. The van der Waals surface area contributed by atoms with Crippen LogP contribution in [0.25, 0.3) is 0 Å². The summed E-state index contributed by atoms with van der Waals surface area (Å²) in [4.78, 5) is 15.2. The number of carbonyl (C=O) groups is 1. The second-order valence-corrected chi connectivity index (χ2v) is 3.85. The van der Waals surface area contributed by atoms with Gasteiger partial charge in [-0.1, -0.05) is 0 Å². The molecule has 0 aliphatic carbocycles. The molecule has 4 nitrogen and oxygen atoms in total. The molecule has 1 heterocycles.